The van der Waals surface area contributed by atoms with Gasteiger partial charge in [-0.25, -0.2) is 0 Å². The van der Waals surface area contributed by atoms with Crippen LogP contribution in [0.25, 0.3) is 0 Å². The van der Waals surface area contributed by atoms with Crippen molar-refractivity contribution in [2.24, 2.45) is 0 Å². The van der Waals surface area contributed by atoms with Gasteiger partial charge in [-0.2, -0.15) is 0 Å². The molecule has 0 saturated carbocycles. The number of carbonyl (C=O) groups is 4. The molecule has 4 amide bonds. The Bertz CT molecular complexity index is 773. The first-order chi connectivity index (χ1) is 19.5. The largest absolute Gasteiger partial charge is 0.273 e. The minimum atomic E-state index is -0.457. The quantitative estimate of drug-likeness (QED) is 0.0901. The molecule has 1 aromatic rings. The number of rotatable bonds is 22. The summed E-state index contributed by atoms with van der Waals surface area (Å²) in [5.41, 5.74) is 10.4. The molecule has 8 nitrogen and oxygen atoms in total. The second kappa shape index (κ2) is 23.9. The molecule has 40 heavy (non-hydrogen) atoms. The lowest BCUT2D eigenvalue weighted by Crippen LogP contribution is -2.42. The van der Waals surface area contributed by atoms with Gasteiger partial charge in [-0.05, 0) is 37.1 Å². The summed E-state index contributed by atoms with van der Waals surface area (Å²) in [7, 11) is 0. The molecule has 8 heteroatoms. The zero-order chi connectivity index (χ0) is 29.3. The number of unbranched alkanes of at least 4 members (excludes halogenated alkanes) is 16. The van der Waals surface area contributed by atoms with Gasteiger partial charge in [0.1, 0.15) is 0 Å². The first kappa shape index (κ1) is 35.1. The number of benzene rings is 1. The van der Waals surface area contributed by atoms with Gasteiger partial charge in [0.2, 0.25) is 11.8 Å². The van der Waals surface area contributed by atoms with Crippen LogP contribution in [0.15, 0.2) is 24.3 Å². The van der Waals surface area contributed by atoms with Crippen molar-refractivity contribution in [1.82, 2.24) is 21.7 Å². The summed E-state index contributed by atoms with van der Waals surface area (Å²) in [6.07, 6.45) is 21.9. The third-order valence-electron chi connectivity index (χ3n) is 7.05. The highest BCUT2D eigenvalue weighted by atomic mass is 16.2. The van der Waals surface area contributed by atoms with Gasteiger partial charge in [0, 0.05) is 24.0 Å². The average Bonchev–Trinajstić information content (AvgIpc) is 2.97. The molecule has 4 N–H and O–H groups in total. The van der Waals surface area contributed by atoms with E-state index in [1.807, 2.05) is 0 Å². The first-order valence-electron chi connectivity index (χ1n) is 15.8. The van der Waals surface area contributed by atoms with E-state index in [9.17, 15) is 19.2 Å². The Balaban J connectivity index is 2.15. The molecule has 0 aromatic heterocycles. The van der Waals surface area contributed by atoms with Gasteiger partial charge in [-0.15, -0.1) is 0 Å². The number of carbonyl (C=O) groups excluding carboxylic acids is 4. The van der Waals surface area contributed by atoms with Gasteiger partial charge >= 0.3 is 0 Å². The fourth-order valence-electron chi connectivity index (χ4n) is 4.49. The van der Waals surface area contributed by atoms with Crippen molar-refractivity contribution in [3.8, 4) is 0 Å². The number of nitrogens with one attached hydrogen (secondary N) is 4. The highest BCUT2D eigenvalue weighted by molar-refractivity contribution is 5.98. The third kappa shape index (κ3) is 18.4. The standard InChI is InChI=1S/C32H54N4O4/c1-3-5-7-9-11-13-15-17-19-21-29(37)33-35-31(39)27-23-25-28(26-24-27)32(40)36-34-30(38)22-20-18-16-14-12-10-8-6-4-2/h23-26H,3-22H2,1-2H3,(H,33,37)(H,34,38)(H,35,39)(H,36,40). The molecule has 0 saturated heterocycles. The topological polar surface area (TPSA) is 116 Å². The van der Waals surface area contributed by atoms with E-state index >= 15 is 0 Å². The zero-order valence-electron chi connectivity index (χ0n) is 25.1. The molecule has 1 aromatic carbocycles. The minimum Gasteiger partial charge on any atom is -0.273 e. The van der Waals surface area contributed by atoms with Crippen molar-refractivity contribution >= 4 is 23.6 Å². The first-order valence-corrected chi connectivity index (χ1v) is 15.8. The van der Waals surface area contributed by atoms with Crippen LogP contribution >= 0.6 is 0 Å². The molecule has 0 radical (unpaired) electrons. The van der Waals surface area contributed by atoms with Crippen LogP contribution in [0.5, 0.6) is 0 Å². The zero-order valence-corrected chi connectivity index (χ0v) is 25.1. The van der Waals surface area contributed by atoms with Crippen molar-refractivity contribution in [2.45, 2.75) is 142 Å². The van der Waals surface area contributed by atoms with Crippen LogP contribution in [0.3, 0.4) is 0 Å². The molecule has 1 rings (SSSR count). The summed E-state index contributed by atoms with van der Waals surface area (Å²) < 4.78 is 0. The molecule has 0 atom stereocenters. The summed E-state index contributed by atoms with van der Waals surface area (Å²) in [5.74, 6) is -1.35. The lowest BCUT2D eigenvalue weighted by atomic mass is 10.1. The summed E-state index contributed by atoms with van der Waals surface area (Å²) in [5, 5.41) is 0. The minimum absolute atomic E-state index is 0.217. The van der Waals surface area contributed by atoms with E-state index < -0.39 is 11.8 Å². The Morgan fingerprint density at radius 1 is 0.425 bits per heavy atom. The summed E-state index contributed by atoms with van der Waals surface area (Å²) in [6.45, 7) is 4.43. The maximum absolute atomic E-state index is 12.3. The van der Waals surface area contributed by atoms with Crippen LogP contribution in [-0.2, 0) is 9.59 Å². The van der Waals surface area contributed by atoms with Crippen LogP contribution in [0.4, 0.5) is 0 Å². The Morgan fingerprint density at radius 3 is 1.00 bits per heavy atom. The Hall–Kier alpha value is -2.90. The fourth-order valence-corrected chi connectivity index (χ4v) is 4.49. The van der Waals surface area contributed by atoms with Crippen LogP contribution in [0.1, 0.15) is 163 Å². The Labute approximate surface area is 242 Å². The SMILES string of the molecule is CCCCCCCCCCCC(=O)NNC(=O)c1ccc(C(=O)NNC(=O)CCCCCCCCCCC)cc1. The van der Waals surface area contributed by atoms with Crippen LogP contribution < -0.4 is 21.7 Å². The van der Waals surface area contributed by atoms with Gasteiger partial charge < -0.3 is 0 Å². The lowest BCUT2D eigenvalue weighted by molar-refractivity contribution is -0.122. The van der Waals surface area contributed by atoms with Gasteiger partial charge in [0.25, 0.3) is 11.8 Å². The maximum atomic E-state index is 12.3. The monoisotopic (exact) mass is 558 g/mol. The highest BCUT2D eigenvalue weighted by Crippen LogP contribution is 2.11. The van der Waals surface area contributed by atoms with E-state index in [0.717, 1.165) is 38.5 Å². The predicted molar refractivity (Wildman–Crippen MR) is 161 cm³/mol. The van der Waals surface area contributed by atoms with E-state index in [2.05, 4.69) is 35.6 Å². The third-order valence-corrected chi connectivity index (χ3v) is 7.05. The van der Waals surface area contributed by atoms with Crippen LogP contribution in [0.2, 0.25) is 0 Å². The van der Waals surface area contributed by atoms with Crippen molar-refractivity contribution < 1.29 is 19.2 Å². The van der Waals surface area contributed by atoms with Crippen LogP contribution in [-0.4, -0.2) is 23.6 Å². The fraction of sp³-hybridized carbons (Fsp3) is 0.688. The van der Waals surface area contributed by atoms with Gasteiger partial charge in [0.05, 0.1) is 0 Å². The summed E-state index contributed by atoms with van der Waals surface area (Å²) in [6, 6.07) is 6.00. The van der Waals surface area contributed by atoms with E-state index in [1.54, 1.807) is 0 Å². The van der Waals surface area contributed by atoms with E-state index in [1.165, 1.54) is 101 Å². The molecule has 0 aliphatic carbocycles. The highest BCUT2D eigenvalue weighted by Gasteiger charge is 2.11. The molecule has 226 valence electrons. The molecular formula is C32H54N4O4. The summed E-state index contributed by atoms with van der Waals surface area (Å²) >= 11 is 0. The number of hydrazine groups is 2. The molecule has 0 aliphatic heterocycles. The second-order valence-corrected chi connectivity index (χ2v) is 10.7. The predicted octanol–water partition coefficient (Wildman–Crippen LogP) is 7.05. The normalized spacial score (nSPS) is 10.7. The van der Waals surface area contributed by atoms with E-state index in [4.69, 9.17) is 0 Å². The average molecular weight is 559 g/mol. The van der Waals surface area contributed by atoms with E-state index in [0.29, 0.717) is 24.0 Å². The molecule has 0 bridgehead atoms. The van der Waals surface area contributed by atoms with Crippen LogP contribution in [0, 0.1) is 0 Å². The number of hydrogen-bond donors (Lipinski definition) is 4. The van der Waals surface area contributed by atoms with Gasteiger partial charge in [-0.3, -0.25) is 40.9 Å². The van der Waals surface area contributed by atoms with Crippen molar-refractivity contribution in [2.75, 3.05) is 0 Å². The Kier molecular flexibility index (Phi) is 21.0. The maximum Gasteiger partial charge on any atom is 0.269 e. The molecule has 0 heterocycles. The molecular weight excluding hydrogens is 504 g/mol. The van der Waals surface area contributed by atoms with Crippen molar-refractivity contribution in [1.29, 1.82) is 0 Å². The summed E-state index contributed by atoms with van der Waals surface area (Å²) in [4.78, 5) is 48.6. The van der Waals surface area contributed by atoms with Gasteiger partial charge in [-0.1, -0.05) is 117 Å². The lowest BCUT2D eigenvalue weighted by Gasteiger charge is -2.09. The molecule has 0 fully saturated rings. The molecule has 0 spiro atoms. The van der Waals surface area contributed by atoms with E-state index in [-0.39, 0.29) is 11.8 Å². The molecule has 0 aliphatic rings. The second-order valence-electron chi connectivity index (χ2n) is 10.7. The van der Waals surface area contributed by atoms with Crippen molar-refractivity contribution in [3.63, 3.8) is 0 Å². The number of hydrogen-bond acceptors (Lipinski definition) is 4. The Morgan fingerprint density at radius 2 is 0.700 bits per heavy atom. The molecule has 0 unspecified atom stereocenters. The van der Waals surface area contributed by atoms with Gasteiger partial charge in [0.15, 0.2) is 0 Å². The van der Waals surface area contributed by atoms with Crippen molar-refractivity contribution in [3.05, 3.63) is 35.4 Å². The smallest absolute Gasteiger partial charge is 0.269 e. The number of amides is 4.